The lowest BCUT2D eigenvalue weighted by Crippen LogP contribution is -2.22. The standard InChI is InChI=1S/C10H12ClN5/c1-8(7-16-4-2-3-13-16)14-9-5-10(11)15-12-6-9/h2-6,8H,7H2,1H3,(H,14,15). The van der Waals surface area contributed by atoms with Crippen molar-refractivity contribution >= 4 is 17.3 Å². The van der Waals surface area contributed by atoms with Crippen molar-refractivity contribution in [3.05, 3.63) is 35.9 Å². The highest BCUT2D eigenvalue weighted by Gasteiger charge is 2.04. The van der Waals surface area contributed by atoms with Crippen molar-refractivity contribution in [2.75, 3.05) is 5.32 Å². The summed E-state index contributed by atoms with van der Waals surface area (Å²) in [6.07, 6.45) is 5.33. The Morgan fingerprint density at radius 1 is 1.56 bits per heavy atom. The predicted octanol–water partition coefficient (Wildman–Crippen LogP) is 1.83. The average Bonchev–Trinajstić information content (AvgIpc) is 2.70. The van der Waals surface area contributed by atoms with Gasteiger partial charge < -0.3 is 5.32 Å². The van der Waals surface area contributed by atoms with Crippen molar-refractivity contribution in [3.8, 4) is 0 Å². The molecule has 2 rings (SSSR count). The van der Waals surface area contributed by atoms with Gasteiger partial charge in [-0.05, 0) is 13.0 Å². The highest BCUT2D eigenvalue weighted by Crippen LogP contribution is 2.11. The van der Waals surface area contributed by atoms with Crippen LogP contribution in [0.15, 0.2) is 30.7 Å². The first-order valence-corrected chi connectivity index (χ1v) is 5.34. The maximum Gasteiger partial charge on any atom is 0.153 e. The SMILES string of the molecule is CC(Cn1cccn1)Nc1cnnc(Cl)c1. The zero-order valence-corrected chi connectivity index (χ0v) is 9.59. The Morgan fingerprint density at radius 2 is 2.44 bits per heavy atom. The van der Waals surface area contributed by atoms with Gasteiger partial charge in [-0.15, -0.1) is 5.10 Å². The van der Waals surface area contributed by atoms with E-state index >= 15 is 0 Å². The third-order valence-electron chi connectivity index (χ3n) is 2.06. The molecule has 0 bridgehead atoms. The van der Waals surface area contributed by atoms with Gasteiger partial charge in [-0.2, -0.15) is 10.2 Å². The number of hydrogen-bond acceptors (Lipinski definition) is 4. The van der Waals surface area contributed by atoms with E-state index in [0.717, 1.165) is 12.2 Å². The summed E-state index contributed by atoms with van der Waals surface area (Å²) in [5.74, 6) is 0. The third-order valence-corrected chi connectivity index (χ3v) is 2.24. The Morgan fingerprint density at radius 3 is 3.12 bits per heavy atom. The summed E-state index contributed by atoms with van der Waals surface area (Å²) in [7, 11) is 0. The number of aromatic nitrogens is 4. The number of halogens is 1. The number of hydrogen-bond donors (Lipinski definition) is 1. The van der Waals surface area contributed by atoms with Gasteiger partial charge in [0.1, 0.15) is 0 Å². The molecule has 5 nitrogen and oxygen atoms in total. The molecule has 0 saturated heterocycles. The lowest BCUT2D eigenvalue weighted by Gasteiger charge is -2.14. The van der Waals surface area contributed by atoms with E-state index in [4.69, 9.17) is 11.6 Å². The van der Waals surface area contributed by atoms with Crippen molar-refractivity contribution in [2.45, 2.75) is 19.5 Å². The Labute approximate surface area is 98.5 Å². The molecule has 1 unspecified atom stereocenters. The number of rotatable bonds is 4. The van der Waals surface area contributed by atoms with E-state index in [9.17, 15) is 0 Å². The largest absolute Gasteiger partial charge is 0.379 e. The van der Waals surface area contributed by atoms with Gasteiger partial charge in [-0.25, -0.2) is 0 Å². The topological polar surface area (TPSA) is 55.6 Å². The van der Waals surface area contributed by atoms with Gasteiger partial charge in [0.2, 0.25) is 0 Å². The Kier molecular flexibility index (Phi) is 3.36. The molecule has 1 N–H and O–H groups in total. The molecule has 0 radical (unpaired) electrons. The van der Waals surface area contributed by atoms with Crippen molar-refractivity contribution < 1.29 is 0 Å². The smallest absolute Gasteiger partial charge is 0.153 e. The monoisotopic (exact) mass is 237 g/mol. The van der Waals surface area contributed by atoms with Crippen LogP contribution in [0.2, 0.25) is 5.15 Å². The second-order valence-electron chi connectivity index (χ2n) is 3.54. The van der Waals surface area contributed by atoms with Crippen LogP contribution in [0.25, 0.3) is 0 Å². The fourth-order valence-corrected chi connectivity index (χ4v) is 1.60. The highest BCUT2D eigenvalue weighted by molar-refractivity contribution is 6.29. The van der Waals surface area contributed by atoms with Crippen LogP contribution in [-0.2, 0) is 6.54 Å². The molecule has 6 heteroatoms. The van der Waals surface area contributed by atoms with Crippen LogP contribution in [0.3, 0.4) is 0 Å². The van der Waals surface area contributed by atoms with E-state index in [1.54, 1.807) is 18.5 Å². The fourth-order valence-electron chi connectivity index (χ4n) is 1.44. The zero-order chi connectivity index (χ0) is 11.4. The molecule has 0 aliphatic carbocycles. The molecule has 2 aromatic rings. The van der Waals surface area contributed by atoms with E-state index in [0.29, 0.717) is 5.15 Å². The van der Waals surface area contributed by atoms with Gasteiger partial charge in [-0.3, -0.25) is 4.68 Å². The minimum Gasteiger partial charge on any atom is -0.379 e. The van der Waals surface area contributed by atoms with Crippen LogP contribution in [0, 0.1) is 0 Å². The van der Waals surface area contributed by atoms with Crippen LogP contribution >= 0.6 is 11.6 Å². The Hall–Kier alpha value is -1.62. The van der Waals surface area contributed by atoms with Crippen molar-refractivity contribution in [3.63, 3.8) is 0 Å². The number of nitrogens with one attached hydrogen (secondary N) is 1. The number of anilines is 1. The maximum absolute atomic E-state index is 5.74. The first kappa shape index (κ1) is 10.9. The van der Waals surface area contributed by atoms with Crippen LogP contribution in [0.5, 0.6) is 0 Å². The van der Waals surface area contributed by atoms with Crippen molar-refractivity contribution in [1.29, 1.82) is 0 Å². The maximum atomic E-state index is 5.74. The molecule has 0 fully saturated rings. The van der Waals surface area contributed by atoms with Gasteiger partial charge in [0.15, 0.2) is 5.15 Å². The Bertz CT molecular complexity index is 442. The zero-order valence-electron chi connectivity index (χ0n) is 8.84. The first-order valence-electron chi connectivity index (χ1n) is 4.96. The van der Waals surface area contributed by atoms with Crippen molar-refractivity contribution in [1.82, 2.24) is 20.0 Å². The molecule has 0 aromatic carbocycles. The van der Waals surface area contributed by atoms with E-state index in [1.165, 1.54) is 0 Å². The number of nitrogens with zero attached hydrogens (tertiary/aromatic N) is 4. The summed E-state index contributed by atoms with van der Waals surface area (Å²) in [5, 5.41) is 15.2. The first-order chi connectivity index (χ1) is 7.74. The molecule has 1 atom stereocenters. The van der Waals surface area contributed by atoms with Gasteiger partial charge >= 0.3 is 0 Å². The molecule has 0 saturated carbocycles. The van der Waals surface area contributed by atoms with Crippen molar-refractivity contribution in [2.24, 2.45) is 0 Å². The molecule has 0 aliphatic heterocycles. The van der Waals surface area contributed by atoms with Gasteiger partial charge in [0.05, 0.1) is 18.4 Å². The van der Waals surface area contributed by atoms with Gasteiger partial charge in [0.25, 0.3) is 0 Å². The van der Waals surface area contributed by atoms with Crippen LogP contribution in [0.4, 0.5) is 5.69 Å². The van der Waals surface area contributed by atoms with E-state index in [-0.39, 0.29) is 6.04 Å². The predicted molar refractivity (Wildman–Crippen MR) is 62.4 cm³/mol. The molecule has 84 valence electrons. The third kappa shape index (κ3) is 2.93. The molecule has 0 aliphatic rings. The lowest BCUT2D eigenvalue weighted by atomic mass is 10.3. The normalized spacial score (nSPS) is 12.4. The molecule has 16 heavy (non-hydrogen) atoms. The van der Waals surface area contributed by atoms with E-state index in [1.807, 2.05) is 16.9 Å². The van der Waals surface area contributed by atoms with E-state index in [2.05, 4.69) is 27.5 Å². The second-order valence-corrected chi connectivity index (χ2v) is 3.93. The molecule has 2 aromatic heterocycles. The minimum absolute atomic E-state index is 0.236. The molecule has 2 heterocycles. The van der Waals surface area contributed by atoms with Crippen LogP contribution in [-0.4, -0.2) is 26.0 Å². The minimum atomic E-state index is 0.236. The average molecular weight is 238 g/mol. The second kappa shape index (κ2) is 4.94. The summed E-state index contributed by atoms with van der Waals surface area (Å²) in [5.41, 5.74) is 0.861. The van der Waals surface area contributed by atoms with Crippen LogP contribution < -0.4 is 5.32 Å². The Balaban J connectivity index is 1.94. The fraction of sp³-hybridized carbons (Fsp3) is 0.300. The highest BCUT2D eigenvalue weighted by atomic mass is 35.5. The summed E-state index contributed by atoms with van der Waals surface area (Å²) >= 11 is 5.74. The molecule has 0 spiro atoms. The summed E-state index contributed by atoms with van der Waals surface area (Å²) < 4.78 is 1.87. The van der Waals surface area contributed by atoms with Crippen LogP contribution in [0.1, 0.15) is 6.92 Å². The molecular weight excluding hydrogens is 226 g/mol. The lowest BCUT2D eigenvalue weighted by molar-refractivity contribution is 0.560. The summed E-state index contributed by atoms with van der Waals surface area (Å²) in [6.45, 7) is 2.85. The molecular formula is C10H12ClN5. The summed E-state index contributed by atoms with van der Waals surface area (Å²) in [6, 6.07) is 3.88. The van der Waals surface area contributed by atoms with Gasteiger partial charge in [-0.1, -0.05) is 11.6 Å². The molecule has 0 amide bonds. The van der Waals surface area contributed by atoms with E-state index < -0.39 is 0 Å². The quantitative estimate of drug-likeness (QED) is 0.882. The van der Waals surface area contributed by atoms with Gasteiger partial charge in [0, 0.05) is 24.5 Å². The summed E-state index contributed by atoms with van der Waals surface area (Å²) in [4.78, 5) is 0.